The highest BCUT2D eigenvalue weighted by Gasteiger charge is 1.94. The van der Waals surface area contributed by atoms with Crippen LogP contribution in [0.4, 0.5) is 0 Å². The molecule has 0 saturated carbocycles. The summed E-state index contributed by atoms with van der Waals surface area (Å²) in [5.41, 5.74) is 3.72. The lowest BCUT2D eigenvalue weighted by atomic mass is 10.2. The van der Waals surface area contributed by atoms with E-state index in [9.17, 15) is 0 Å². The summed E-state index contributed by atoms with van der Waals surface area (Å²) in [4.78, 5) is 0. The first-order valence-electron chi connectivity index (χ1n) is 7.17. The molecule has 0 aromatic heterocycles. The van der Waals surface area contributed by atoms with Crippen molar-refractivity contribution in [2.75, 3.05) is 13.2 Å². The van der Waals surface area contributed by atoms with E-state index in [1.165, 1.54) is 12.8 Å². The van der Waals surface area contributed by atoms with Crippen LogP contribution < -0.4 is 15.5 Å². The molecule has 0 aliphatic heterocycles. The number of ether oxygens (including phenoxy) is 1. The molecule has 1 rings (SSSR count). The molecule has 0 bridgehead atoms. The van der Waals surface area contributed by atoms with E-state index in [1.807, 2.05) is 24.3 Å². The van der Waals surface area contributed by atoms with Crippen molar-refractivity contribution in [3.05, 3.63) is 42.5 Å². The number of hydrogen-bond donors (Lipinski definition) is 2. The standard InChI is InChI=1S/C16H23N3OS/c1-3-5-6-12-20-15-9-7-14(8-10-15)13-18-19-16(21)17-11-4-2/h4,7-10,13H,2-3,5-6,11-12H2,1H3,(H2,17,19,21)/b18-13-. The zero-order chi connectivity index (χ0) is 15.3. The van der Waals surface area contributed by atoms with Crippen molar-refractivity contribution in [1.29, 1.82) is 0 Å². The minimum atomic E-state index is 0.474. The smallest absolute Gasteiger partial charge is 0.187 e. The topological polar surface area (TPSA) is 45.7 Å². The van der Waals surface area contributed by atoms with Gasteiger partial charge in [-0.05, 0) is 48.5 Å². The van der Waals surface area contributed by atoms with Crippen LogP contribution >= 0.6 is 12.2 Å². The van der Waals surface area contributed by atoms with Gasteiger partial charge in [0.2, 0.25) is 0 Å². The summed E-state index contributed by atoms with van der Waals surface area (Å²) in [7, 11) is 0. The minimum absolute atomic E-state index is 0.474. The van der Waals surface area contributed by atoms with E-state index in [1.54, 1.807) is 12.3 Å². The number of benzene rings is 1. The van der Waals surface area contributed by atoms with E-state index >= 15 is 0 Å². The molecule has 0 fully saturated rings. The summed E-state index contributed by atoms with van der Waals surface area (Å²) in [5, 5.41) is 7.46. The van der Waals surface area contributed by atoms with Crippen LogP contribution in [0.5, 0.6) is 5.75 Å². The Kier molecular flexibility index (Phi) is 8.88. The van der Waals surface area contributed by atoms with Crippen LogP contribution in [0.3, 0.4) is 0 Å². The lowest BCUT2D eigenvalue weighted by molar-refractivity contribution is 0.306. The van der Waals surface area contributed by atoms with Crippen molar-refractivity contribution >= 4 is 23.5 Å². The minimum Gasteiger partial charge on any atom is -0.494 e. The zero-order valence-corrected chi connectivity index (χ0v) is 13.3. The second-order valence-corrected chi connectivity index (χ2v) is 4.90. The third-order valence-electron chi connectivity index (χ3n) is 2.68. The van der Waals surface area contributed by atoms with E-state index in [0.717, 1.165) is 24.3 Å². The fourth-order valence-electron chi connectivity index (χ4n) is 1.56. The van der Waals surface area contributed by atoms with Gasteiger partial charge in [-0.25, -0.2) is 0 Å². The van der Waals surface area contributed by atoms with E-state index < -0.39 is 0 Å². The largest absolute Gasteiger partial charge is 0.494 e. The van der Waals surface area contributed by atoms with Crippen LogP contribution in [0, 0.1) is 0 Å². The van der Waals surface area contributed by atoms with Crippen LogP contribution in [0.1, 0.15) is 31.7 Å². The van der Waals surface area contributed by atoms with E-state index in [0.29, 0.717) is 11.7 Å². The average molecular weight is 305 g/mol. The van der Waals surface area contributed by atoms with Crippen LogP contribution in [0.25, 0.3) is 0 Å². The molecule has 0 saturated heterocycles. The Bertz CT molecular complexity index is 457. The van der Waals surface area contributed by atoms with E-state index in [-0.39, 0.29) is 0 Å². The van der Waals surface area contributed by atoms with Gasteiger partial charge in [-0.15, -0.1) is 6.58 Å². The molecule has 5 heteroatoms. The first kappa shape index (κ1) is 17.2. The molecule has 21 heavy (non-hydrogen) atoms. The summed E-state index contributed by atoms with van der Waals surface area (Å²) in [6.45, 7) is 7.17. The van der Waals surface area contributed by atoms with Crippen LogP contribution in [-0.2, 0) is 0 Å². The molecule has 0 radical (unpaired) electrons. The van der Waals surface area contributed by atoms with Gasteiger partial charge < -0.3 is 10.1 Å². The van der Waals surface area contributed by atoms with E-state index in [2.05, 4.69) is 29.3 Å². The number of thiocarbonyl (C=S) groups is 1. The molecule has 114 valence electrons. The SMILES string of the molecule is C=CCNC(=S)N/N=C\c1ccc(OCCCCC)cc1. The molecule has 0 aliphatic carbocycles. The van der Waals surface area contributed by atoms with Crippen LogP contribution in [0.15, 0.2) is 42.0 Å². The van der Waals surface area contributed by atoms with Gasteiger partial charge in [0.1, 0.15) is 5.75 Å². The maximum absolute atomic E-state index is 5.65. The monoisotopic (exact) mass is 305 g/mol. The average Bonchev–Trinajstić information content (AvgIpc) is 2.51. The number of nitrogens with zero attached hydrogens (tertiary/aromatic N) is 1. The maximum Gasteiger partial charge on any atom is 0.187 e. The predicted molar refractivity (Wildman–Crippen MR) is 93.0 cm³/mol. The highest BCUT2D eigenvalue weighted by molar-refractivity contribution is 7.80. The van der Waals surface area contributed by atoms with Crippen molar-refractivity contribution in [2.45, 2.75) is 26.2 Å². The van der Waals surface area contributed by atoms with Crippen molar-refractivity contribution in [3.63, 3.8) is 0 Å². The highest BCUT2D eigenvalue weighted by atomic mass is 32.1. The molecule has 0 atom stereocenters. The second-order valence-electron chi connectivity index (χ2n) is 4.49. The third kappa shape index (κ3) is 8.09. The van der Waals surface area contributed by atoms with Crippen LogP contribution in [0.2, 0.25) is 0 Å². The Balaban J connectivity index is 2.33. The Hall–Kier alpha value is -1.88. The van der Waals surface area contributed by atoms with Crippen molar-refractivity contribution in [2.24, 2.45) is 5.10 Å². The Morgan fingerprint density at radius 1 is 1.33 bits per heavy atom. The number of unbranched alkanes of at least 4 members (excludes halogenated alkanes) is 2. The highest BCUT2D eigenvalue weighted by Crippen LogP contribution is 2.11. The maximum atomic E-state index is 5.65. The molecule has 0 unspecified atom stereocenters. The molecule has 0 heterocycles. The van der Waals surface area contributed by atoms with Gasteiger partial charge in [-0.3, -0.25) is 5.43 Å². The fourth-order valence-corrected chi connectivity index (χ4v) is 1.70. The zero-order valence-electron chi connectivity index (χ0n) is 12.5. The Morgan fingerprint density at radius 2 is 2.10 bits per heavy atom. The summed E-state index contributed by atoms with van der Waals surface area (Å²) in [6, 6.07) is 7.81. The van der Waals surface area contributed by atoms with Gasteiger partial charge in [0.25, 0.3) is 0 Å². The van der Waals surface area contributed by atoms with Gasteiger partial charge >= 0.3 is 0 Å². The molecule has 4 nitrogen and oxygen atoms in total. The molecular weight excluding hydrogens is 282 g/mol. The first-order chi connectivity index (χ1) is 10.3. The molecular formula is C16H23N3OS. The van der Waals surface area contributed by atoms with Crippen LogP contribution in [-0.4, -0.2) is 24.5 Å². The normalized spacial score (nSPS) is 10.3. The van der Waals surface area contributed by atoms with Gasteiger partial charge in [0, 0.05) is 6.54 Å². The van der Waals surface area contributed by atoms with Gasteiger partial charge in [0.05, 0.1) is 12.8 Å². The van der Waals surface area contributed by atoms with Gasteiger partial charge in [0.15, 0.2) is 5.11 Å². The van der Waals surface area contributed by atoms with E-state index in [4.69, 9.17) is 17.0 Å². The van der Waals surface area contributed by atoms with Crippen molar-refractivity contribution < 1.29 is 4.74 Å². The number of hydrogen-bond acceptors (Lipinski definition) is 3. The lowest BCUT2D eigenvalue weighted by Crippen LogP contribution is -2.31. The van der Waals surface area contributed by atoms with Crippen molar-refractivity contribution in [1.82, 2.24) is 10.7 Å². The predicted octanol–water partition coefficient (Wildman–Crippen LogP) is 3.24. The molecule has 1 aromatic rings. The van der Waals surface area contributed by atoms with Gasteiger partial charge in [-0.1, -0.05) is 25.8 Å². The first-order valence-corrected chi connectivity index (χ1v) is 7.57. The summed E-state index contributed by atoms with van der Waals surface area (Å²) < 4.78 is 5.65. The molecule has 0 spiro atoms. The van der Waals surface area contributed by atoms with Crippen molar-refractivity contribution in [3.8, 4) is 5.75 Å². The third-order valence-corrected chi connectivity index (χ3v) is 2.92. The Morgan fingerprint density at radius 3 is 2.76 bits per heavy atom. The number of rotatable bonds is 9. The summed E-state index contributed by atoms with van der Waals surface area (Å²) >= 11 is 5.02. The molecule has 2 N–H and O–H groups in total. The number of hydrazone groups is 1. The molecule has 1 aromatic carbocycles. The molecule has 0 amide bonds. The quantitative estimate of drug-likeness (QED) is 0.242. The second kappa shape index (κ2) is 10.9. The fraction of sp³-hybridized carbons (Fsp3) is 0.375. The summed E-state index contributed by atoms with van der Waals surface area (Å²) in [6.07, 6.45) is 6.95. The Labute approximate surface area is 132 Å². The molecule has 0 aliphatic rings. The van der Waals surface area contributed by atoms with Gasteiger partial charge in [-0.2, -0.15) is 5.10 Å². The summed E-state index contributed by atoms with van der Waals surface area (Å²) in [5.74, 6) is 0.888. The lowest BCUT2D eigenvalue weighted by Gasteiger charge is -2.06. The number of nitrogens with one attached hydrogen (secondary N) is 2.